The SMILES string of the molecule is CC1=C(C)CN=CN=C1. The summed E-state index contributed by atoms with van der Waals surface area (Å²) in [6.07, 6.45) is 3.44. The molecular weight excluding hydrogens is 112 g/mol. The van der Waals surface area contributed by atoms with Gasteiger partial charge in [0.25, 0.3) is 0 Å². The molecule has 1 rings (SSSR count). The summed E-state index contributed by atoms with van der Waals surface area (Å²) in [6, 6.07) is 0. The van der Waals surface area contributed by atoms with E-state index in [0.29, 0.717) is 0 Å². The molecule has 2 nitrogen and oxygen atoms in total. The van der Waals surface area contributed by atoms with Crippen LogP contribution in [0.25, 0.3) is 0 Å². The normalized spacial score (nSPS) is 18.4. The molecule has 9 heavy (non-hydrogen) atoms. The quantitative estimate of drug-likeness (QED) is 0.464. The highest BCUT2D eigenvalue weighted by Gasteiger charge is 1.93. The molecule has 2 heteroatoms. The zero-order chi connectivity index (χ0) is 6.69. The van der Waals surface area contributed by atoms with Crippen LogP contribution in [-0.4, -0.2) is 19.1 Å². The minimum Gasteiger partial charge on any atom is -0.269 e. The Kier molecular flexibility index (Phi) is 1.78. The lowest BCUT2D eigenvalue weighted by atomic mass is 10.2. The lowest BCUT2D eigenvalue weighted by molar-refractivity contribution is 1.13. The molecule has 0 fully saturated rings. The number of hydrogen-bond acceptors (Lipinski definition) is 2. The summed E-state index contributed by atoms with van der Waals surface area (Å²) in [6.45, 7) is 4.92. The van der Waals surface area contributed by atoms with Crippen LogP contribution in [0, 0.1) is 0 Å². The zero-order valence-corrected chi connectivity index (χ0v) is 5.76. The van der Waals surface area contributed by atoms with E-state index in [-0.39, 0.29) is 0 Å². The van der Waals surface area contributed by atoms with E-state index >= 15 is 0 Å². The van der Waals surface area contributed by atoms with Crippen LogP contribution in [0.2, 0.25) is 0 Å². The number of hydrogen-bond donors (Lipinski definition) is 0. The van der Waals surface area contributed by atoms with Crippen LogP contribution in [0.4, 0.5) is 0 Å². The molecule has 0 bridgehead atoms. The predicted molar refractivity (Wildman–Crippen MR) is 40.2 cm³/mol. The van der Waals surface area contributed by atoms with Gasteiger partial charge < -0.3 is 0 Å². The highest BCUT2D eigenvalue weighted by atomic mass is 14.9. The Hall–Kier alpha value is -0.920. The molecule has 1 aliphatic rings. The van der Waals surface area contributed by atoms with Crippen molar-refractivity contribution in [2.45, 2.75) is 13.8 Å². The average Bonchev–Trinajstić information content (AvgIpc) is 1.99. The minimum atomic E-state index is 0.797. The van der Waals surface area contributed by atoms with E-state index in [1.165, 1.54) is 11.1 Å². The van der Waals surface area contributed by atoms with Crippen LogP contribution < -0.4 is 0 Å². The molecular formula is C7H10N2. The Bertz CT molecular complexity index is 187. The molecule has 0 N–H and O–H groups in total. The second-order valence-electron chi connectivity index (χ2n) is 2.20. The fourth-order valence-corrected chi connectivity index (χ4v) is 0.605. The van der Waals surface area contributed by atoms with E-state index in [9.17, 15) is 0 Å². The van der Waals surface area contributed by atoms with E-state index in [2.05, 4.69) is 16.9 Å². The van der Waals surface area contributed by atoms with E-state index in [1.54, 1.807) is 6.34 Å². The smallest absolute Gasteiger partial charge is 0.110 e. The summed E-state index contributed by atoms with van der Waals surface area (Å²) in [5.74, 6) is 0. The summed E-state index contributed by atoms with van der Waals surface area (Å²) < 4.78 is 0. The summed E-state index contributed by atoms with van der Waals surface area (Å²) in [4.78, 5) is 7.95. The molecule has 0 unspecified atom stereocenters. The number of aliphatic imine (C=N–C) groups is 2. The average molecular weight is 122 g/mol. The van der Waals surface area contributed by atoms with Crippen molar-refractivity contribution in [3.63, 3.8) is 0 Å². The molecule has 0 aromatic heterocycles. The van der Waals surface area contributed by atoms with Crippen molar-refractivity contribution in [1.82, 2.24) is 0 Å². The Morgan fingerprint density at radius 3 is 3.00 bits per heavy atom. The van der Waals surface area contributed by atoms with Crippen molar-refractivity contribution in [2.24, 2.45) is 9.98 Å². The minimum absolute atomic E-state index is 0.797. The van der Waals surface area contributed by atoms with Crippen LogP contribution in [-0.2, 0) is 0 Å². The van der Waals surface area contributed by atoms with Crippen molar-refractivity contribution in [3.05, 3.63) is 11.1 Å². The predicted octanol–water partition coefficient (Wildman–Crippen LogP) is 1.44. The fourth-order valence-electron chi connectivity index (χ4n) is 0.605. The van der Waals surface area contributed by atoms with E-state index < -0.39 is 0 Å². The molecule has 0 radical (unpaired) electrons. The van der Waals surface area contributed by atoms with Crippen molar-refractivity contribution >= 4 is 12.6 Å². The van der Waals surface area contributed by atoms with Gasteiger partial charge in [-0.25, -0.2) is 4.99 Å². The van der Waals surface area contributed by atoms with Crippen molar-refractivity contribution in [1.29, 1.82) is 0 Å². The van der Waals surface area contributed by atoms with E-state index in [1.807, 2.05) is 13.1 Å². The summed E-state index contributed by atoms with van der Waals surface area (Å²) in [5, 5.41) is 0. The van der Waals surface area contributed by atoms with Crippen LogP contribution in [0.15, 0.2) is 21.1 Å². The molecule has 1 heterocycles. The van der Waals surface area contributed by atoms with Crippen molar-refractivity contribution in [3.8, 4) is 0 Å². The van der Waals surface area contributed by atoms with Gasteiger partial charge >= 0.3 is 0 Å². The number of allylic oxidation sites excluding steroid dienone is 1. The third-order valence-electron chi connectivity index (χ3n) is 1.42. The Balaban J connectivity index is 2.85. The highest BCUT2D eigenvalue weighted by molar-refractivity contribution is 5.86. The van der Waals surface area contributed by atoms with Crippen LogP contribution in [0.3, 0.4) is 0 Å². The monoisotopic (exact) mass is 122 g/mol. The maximum atomic E-state index is 4.02. The standard InChI is InChI=1S/C7H10N2/c1-6-3-8-5-9-4-7(6)2/h3,5H,4H2,1-2H3. The summed E-state index contributed by atoms with van der Waals surface area (Å²) in [7, 11) is 0. The lowest BCUT2D eigenvalue weighted by Gasteiger charge is -1.94. The summed E-state index contributed by atoms with van der Waals surface area (Å²) in [5.41, 5.74) is 2.53. The van der Waals surface area contributed by atoms with Gasteiger partial charge in [-0.2, -0.15) is 0 Å². The first-order valence-electron chi connectivity index (χ1n) is 2.98. The Morgan fingerprint density at radius 1 is 1.44 bits per heavy atom. The Morgan fingerprint density at radius 2 is 2.22 bits per heavy atom. The number of nitrogens with zero attached hydrogens (tertiary/aromatic N) is 2. The molecule has 0 aromatic rings. The molecule has 0 saturated heterocycles. The van der Waals surface area contributed by atoms with E-state index in [4.69, 9.17) is 0 Å². The fraction of sp³-hybridized carbons (Fsp3) is 0.429. The van der Waals surface area contributed by atoms with Gasteiger partial charge in [-0.1, -0.05) is 0 Å². The molecule has 0 amide bonds. The largest absolute Gasteiger partial charge is 0.269 e. The zero-order valence-electron chi connectivity index (χ0n) is 5.76. The molecule has 0 spiro atoms. The van der Waals surface area contributed by atoms with Crippen LogP contribution in [0.5, 0.6) is 0 Å². The molecule has 0 aliphatic carbocycles. The van der Waals surface area contributed by atoms with E-state index in [0.717, 1.165) is 6.54 Å². The van der Waals surface area contributed by atoms with Gasteiger partial charge in [-0.15, -0.1) is 0 Å². The summed E-state index contributed by atoms with van der Waals surface area (Å²) >= 11 is 0. The molecule has 0 atom stereocenters. The van der Waals surface area contributed by atoms with Gasteiger partial charge in [0.1, 0.15) is 6.34 Å². The third-order valence-corrected chi connectivity index (χ3v) is 1.42. The second-order valence-corrected chi connectivity index (χ2v) is 2.20. The molecule has 0 aromatic carbocycles. The topological polar surface area (TPSA) is 24.7 Å². The van der Waals surface area contributed by atoms with Crippen molar-refractivity contribution < 1.29 is 0 Å². The Labute approximate surface area is 55.0 Å². The van der Waals surface area contributed by atoms with Crippen LogP contribution in [0.1, 0.15) is 13.8 Å². The van der Waals surface area contributed by atoms with Crippen molar-refractivity contribution in [2.75, 3.05) is 6.54 Å². The maximum absolute atomic E-state index is 4.02. The highest BCUT2D eigenvalue weighted by Crippen LogP contribution is 2.02. The first kappa shape index (κ1) is 6.20. The molecule has 48 valence electrons. The van der Waals surface area contributed by atoms with Crippen LogP contribution >= 0.6 is 0 Å². The maximum Gasteiger partial charge on any atom is 0.110 e. The first-order chi connectivity index (χ1) is 4.30. The molecule has 0 saturated carbocycles. The third kappa shape index (κ3) is 1.49. The van der Waals surface area contributed by atoms with Gasteiger partial charge in [0.15, 0.2) is 0 Å². The lowest BCUT2D eigenvalue weighted by Crippen LogP contribution is -1.86. The van der Waals surface area contributed by atoms with Gasteiger partial charge in [0.05, 0.1) is 6.54 Å². The molecule has 1 aliphatic heterocycles. The van der Waals surface area contributed by atoms with Gasteiger partial charge in [-0.05, 0) is 25.0 Å². The first-order valence-corrected chi connectivity index (χ1v) is 2.98. The second kappa shape index (κ2) is 2.58. The van der Waals surface area contributed by atoms with Gasteiger partial charge in [0.2, 0.25) is 0 Å². The number of rotatable bonds is 0. The van der Waals surface area contributed by atoms with Gasteiger partial charge in [0, 0.05) is 6.21 Å². The van der Waals surface area contributed by atoms with Gasteiger partial charge in [-0.3, -0.25) is 4.99 Å².